The highest BCUT2D eigenvalue weighted by Gasteiger charge is 2.22. The molecular formula is C19H22N2O6S. The molecule has 2 N–H and O–H groups in total. The third-order valence-corrected chi connectivity index (χ3v) is 5.10. The predicted molar refractivity (Wildman–Crippen MR) is 104 cm³/mol. The standard InChI is InChI=1S/C19H22N2O6S/c1-4-20-18(22)12-27-19(23)14-7-10-16(26-3)17(11-14)28(24,25)21-15-8-5-13(2)6-9-15/h5-11,21H,4,12H2,1-3H3,(H,20,22). The Labute approximate surface area is 163 Å². The number of amides is 1. The zero-order chi connectivity index (χ0) is 20.7. The lowest BCUT2D eigenvalue weighted by Gasteiger charge is -2.13. The molecule has 1 amide bonds. The summed E-state index contributed by atoms with van der Waals surface area (Å²) in [5.41, 5.74) is 1.34. The average molecular weight is 406 g/mol. The average Bonchev–Trinajstić information content (AvgIpc) is 2.67. The van der Waals surface area contributed by atoms with Crippen LogP contribution in [0.5, 0.6) is 5.75 Å². The molecule has 2 aromatic rings. The van der Waals surface area contributed by atoms with Gasteiger partial charge in [-0.05, 0) is 44.2 Å². The van der Waals surface area contributed by atoms with Crippen molar-refractivity contribution in [3.63, 3.8) is 0 Å². The van der Waals surface area contributed by atoms with Crippen molar-refractivity contribution in [1.29, 1.82) is 0 Å². The van der Waals surface area contributed by atoms with Crippen molar-refractivity contribution in [2.24, 2.45) is 0 Å². The Morgan fingerprint density at radius 3 is 2.36 bits per heavy atom. The van der Waals surface area contributed by atoms with E-state index in [1.165, 1.54) is 19.2 Å². The first-order valence-electron chi connectivity index (χ1n) is 8.48. The molecule has 0 fully saturated rings. The van der Waals surface area contributed by atoms with Crippen LogP contribution in [0.15, 0.2) is 47.4 Å². The lowest BCUT2D eigenvalue weighted by Crippen LogP contribution is -2.28. The van der Waals surface area contributed by atoms with Crippen LogP contribution in [0.2, 0.25) is 0 Å². The first-order valence-corrected chi connectivity index (χ1v) is 9.96. The highest BCUT2D eigenvalue weighted by Crippen LogP contribution is 2.27. The number of rotatable bonds is 8. The molecule has 2 rings (SSSR count). The van der Waals surface area contributed by atoms with Crippen LogP contribution in [0, 0.1) is 6.92 Å². The lowest BCUT2D eigenvalue weighted by atomic mass is 10.2. The highest BCUT2D eigenvalue weighted by molar-refractivity contribution is 7.92. The fraction of sp³-hybridized carbons (Fsp3) is 0.263. The Kier molecular flexibility index (Phi) is 7.00. The van der Waals surface area contributed by atoms with Gasteiger partial charge in [-0.2, -0.15) is 0 Å². The summed E-state index contributed by atoms with van der Waals surface area (Å²) >= 11 is 0. The third kappa shape index (κ3) is 5.46. The van der Waals surface area contributed by atoms with Gasteiger partial charge >= 0.3 is 5.97 Å². The van der Waals surface area contributed by atoms with Crippen molar-refractivity contribution >= 4 is 27.6 Å². The van der Waals surface area contributed by atoms with Crippen LogP contribution >= 0.6 is 0 Å². The summed E-state index contributed by atoms with van der Waals surface area (Å²) in [5, 5.41) is 2.50. The number of hydrogen-bond acceptors (Lipinski definition) is 6. The summed E-state index contributed by atoms with van der Waals surface area (Å²) < 4.78 is 38.0. The number of likely N-dealkylation sites (N-methyl/N-ethyl adjacent to an activating group) is 1. The molecule has 0 atom stereocenters. The highest BCUT2D eigenvalue weighted by atomic mass is 32.2. The number of carbonyl (C=O) groups excluding carboxylic acids is 2. The van der Waals surface area contributed by atoms with Gasteiger partial charge in [0.05, 0.1) is 12.7 Å². The number of benzene rings is 2. The molecule has 2 aromatic carbocycles. The molecule has 0 aliphatic rings. The number of sulfonamides is 1. The van der Waals surface area contributed by atoms with Crippen LogP contribution in [0.1, 0.15) is 22.8 Å². The van der Waals surface area contributed by atoms with Crippen LogP contribution in [0.3, 0.4) is 0 Å². The van der Waals surface area contributed by atoms with E-state index >= 15 is 0 Å². The van der Waals surface area contributed by atoms with Crippen LogP contribution < -0.4 is 14.8 Å². The van der Waals surface area contributed by atoms with E-state index in [0.29, 0.717) is 12.2 Å². The minimum atomic E-state index is -4.03. The van der Waals surface area contributed by atoms with Gasteiger partial charge < -0.3 is 14.8 Å². The van der Waals surface area contributed by atoms with Gasteiger partial charge in [-0.1, -0.05) is 17.7 Å². The Hall–Kier alpha value is -3.07. The normalized spacial score (nSPS) is 10.8. The molecule has 28 heavy (non-hydrogen) atoms. The molecule has 0 saturated heterocycles. The number of esters is 1. The molecule has 150 valence electrons. The molecule has 0 aliphatic carbocycles. The Balaban J connectivity index is 2.27. The molecule has 0 saturated carbocycles. The van der Waals surface area contributed by atoms with E-state index in [9.17, 15) is 18.0 Å². The SMILES string of the molecule is CCNC(=O)COC(=O)c1ccc(OC)c(S(=O)(=O)Nc2ccc(C)cc2)c1. The zero-order valence-electron chi connectivity index (χ0n) is 15.8. The second-order valence-corrected chi connectivity index (χ2v) is 7.52. The molecule has 0 unspecified atom stereocenters. The van der Waals surface area contributed by atoms with Crippen molar-refractivity contribution in [2.75, 3.05) is 25.0 Å². The van der Waals surface area contributed by atoms with E-state index in [1.54, 1.807) is 31.2 Å². The van der Waals surface area contributed by atoms with Crippen LogP contribution in [0.25, 0.3) is 0 Å². The van der Waals surface area contributed by atoms with Crippen molar-refractivity contribution in [2.45, 2.75) is 18.7 Å². The van der Waals surface area contributed by atoms with Gasteiger partial charge in [-0.3, -0.25) is 9.52 Å². The Morgan fingerprint density at radius 1 is 1.07 bits per heavy atom. The smallest absolute Gasteiger partial charge is 0.338 e. The minimum Gasteiger partial charge on any atom is -0.495 e. The van der Waals surface area contributed by atoms with Gasteiger partial charge in [0.2, 0.25) is 0 Å². The number of ether oxygens (including phenoxy) is 2. The lowest BCUT2D eigenvalue weighted by molar-refractivity contribution is -0.124. The zero-order valence-corrected chi connectivity index (χ0v) is 16.6. The maximum atomic E-state index is 12.8. The molecular weight excluding hydrogens is 384 g/mol. The number of nitrogens with one attached hydrogen (secondary N) is 2. The summed E-state index contributed by atoms with van der Waals surface area (Å²) in [6, 6.07) is 10.7. The van der Waals surface area contributed by atoms with Crippen molar-refractivity contribution < 1.29 is 27.5 Å². The molecule has 0 radical (unpaired) electrons. The molecule has 0 aliphatic heterocycles. The number of anilines is 1. The van der Waals surface area contributed by atoms with Gasteiger partial charge in [0.25, 0.3) is 15.9 Å². The van der Waals surface area contributed by atoms with Crippen LogP contribution in [-0.4, -0.2) is 40.6 Å². The number of aryl methyl sites for hydroxylation is 1. The first-order chi connectivity index (χ1) is 13.3. The Morgan fingerprint density at radius 2 is 1.75 bits per heavy atom. The fourth-order valence-electron chi connectivity index (χ4n) is 2.31. The van der Waals surface area contributed by atoms with Gasteiger partial charge in [0.15, 0.2) is 6.61 Å². The van der Waals surface area contributed by atoms with Crippen molar-refractivity contribution in [3.8, 4) is 5.75 Å². The number of methoxy groups -OCH3 is 1. The van der Waals surface area contributed by atoms with Crippen LogP contribution in [0.4, 0.5) is 5.69 Å². The second-order valence-electron chi connectivity index (χ2n) is 5.87. The molecule has 8 nitrogen and oxygen atoms in total. The van der Waals surface area contributed by atoms with Crippen molar-refractivity contribution in [1.82, 2.24) is 5.32 Å². The molecule has 0 aromatic heterocycles. The minimum absolute atomic E-state index is 0.0191. The molecule has 0 bridgehead atoms. The summed E-state index contributed by atoms with van der Waals surface area (Å²) in [6.45, 7) is 3.58. The quantitative estimate of drug-likeness (QED) is 0.650. The molecule has 9 heteroatoms. The van der Waals surface area contributed by atoms with Gasteiger partial charge in [0.1, 0.15) is 10.6 Å². The van der Waals surface area contributed by atoms with E-state index in [2.05, 4.69) is 10.0 Å². The summed E-state index contributed by atoms with van der Waals surface area (Å²) in [5.74, 6) is -1.20. The topological polar surface area (TPSA) is 111 Å². The number of carbonyl (C=O) groups is 2. The second kappa shape index (κ2) is 9.23. The van der Waals surface area contributed by atoms with Gasteiger partial charge in [0, 0.05) is 12.2 Å². The largest absolute Gasteiger partial charge is 0.495 e. The summed E-state index contributed by atoms with van der Waals surface area (Å²) in [6.07, 6.45) is 0. The van der Waals surface area contributed by atoms with E-state index < -0.39 is 28.5 Å². The number of hydrogen-bond donors (Lipinski definition) is 2. The van der Waals surface area contributed by atoms with E-state index in [1.807, 2.05) is 6.92 Å². The van der Waals surface area contributed by atoms with Gasteiger partial charge in [-0.15, -0.1) is 0 Å². The van der Waals surface area contributed by atoms with Gasteiger partial charge in [-0.25, -0.2) is 13.2 Å². The maximum Gasteiger partial charge on any atom is 0.338 e. The fourth-order valence-corrected chi connectivity index (χ4v) is 3.56. The van der Waals surface area contributed by atoms with E-state index in [0.717, 1.165) is 11.6 Å². The first kappa shape index (κ1) is 21.2. The summed E-state index contributed by atoms with van der Waals surface area (Å²) in [4.78, 5) is 23.4. The molecule has 0 spiro atoms. The van der Waals surface area contributed by atoms with E-state index in [4.69, 9.17) is 9.47 Å². The monoisotopic (exact) mass is 406 g/mol. The predicted octanol–water partition coefficient (Wildman–Crippen LogP) is 2.10. The third-order valence-electron chi connectivity index (χ3n) is 3.70. The van der Waals surface area contributed by atoms with E-state index in [-0.39, 0.29) is 16.2 Å². The van der Waals surface area contributed by atoms with Crippen molar-refractivity contribution in [3.05, 3.63) is 53.6 Å². The maximum absolute atomic E-state index is 12.8. The van der Waals surface area contributed by atoms with Crippen LogP contribution in [-0.2, 0) is 19.6 Å². The molecule has 0 heterocycles. The Bertz CT molecular complexity index is 955. The summed E-state index contributed by atoms with van der Waals surface area (Å²) in [7, 11) is -2.70.